The van der Waals surface area contributed by atoms with Gasteiger partial charge in [-0.2, -0.15) is 38.4 Å². The minimum atomic E-state index is -6.48. The number of alkyl halides is 6. The van der Waals surface area contributed by atoms with Gasteiger partial charge in [0.25, 0.3) is 0 Å². The molecule has 29 heavy (non-hydrogen) atoms. The van der Waals surface area contributed by atoms with Gasteiger partial charge in [0.05, 0.1) is 0 Å². The quantitative estimate of drug-likeness (QED) is 0.282. The van der Waals surface area contributed by atoms with Gasteiger partial charge in [-0.1, -0.05) is 37.8 Å². The summed E-state index contributed by atoms with van der Waals surface area (Å²) in [6, 6.07) is 3.83. The molecule has 0 N–H and O–H groups in total. The van der Waals surface area contributed by atoms with E-state index >= 15 is 0 Å². The molecule has 0 amide bonds. The molecular formula is C18H20F6O3S2. The van der Waals surface area contributed by atoms with Crippen molar-refractivity contribution < 1.29 is 38.4 Å². The summed E-state index contributed by atoms with van der Waals surface area (Å²) in [6.07, 6.45) is 4.78. The van der Waals surface area contributed by atoms with E-state index in [0.717, 1.165) is 18.9 Å². The maximum absolute atomic E-state index is 14.5. The number of halogens is 6. The van der Waals surface area contributed by atoms with Crippen LogP contribution in [0.3, 0.4) is 0 Å². The zero-order chi connectivity index (χ0) is 21.7. The molecule has 1 heterocycles. The largest absolute Gasteiger partial charge is 0.523 e. The molecule has 1 fully saturated rings. The molecule has 3 rings (SSSR count). The molecule has 1 saturated carbocycles. The maximum atomic E-state index is 14.5. The molecule has 11 heteroatoms. The first-order chi connectivity index (χ1) is 13.3. The Morgan fingerprint density at radius 2 is 1.59 bits per heavy atom. The van der Waals surface area contributed by atoms with Crippen molar-refractivity contribution in [1.82, 2.24) is 0 Å². The highest BCUT2D eigenvalue weighted by Crippen LogP contribution is 2.80. The Hall–Kier alpha value is -1.20. The molecule has 0 radical (unpaired) electrons. The van der Waals surface area contributed by atoms with Crippen molar-refractivity contribution in [2.24, 2.45) is 5.92 Å². The van der Waals surface area contributed by atoms with E-state index in [1.165, 1.54) is 25.1 Å². The maximum Gasteiger partial charge on any atom is 0.523 e. The molecule has 1 unspecified atom stereocenters. The van der Waals surface area contributed by atoms with Gasteiger partial charge in [0.2, 0.25) is 0 Å². The first-order valence-corrected chi connectivity index (χ1v) is 12.0. The fourth-order valence-corrected chi connectivity index (χ4v) is 8.76. The van der Waals surface area contributed by atoms with Gasteiger partial charge in [-0.3, -0.25) is 0 Å². The highest BCUT2D eigenvalue weighted by atomic mass is 32.3. The second kappa shape index (κ2) is 7.49. The van der Waals surface area contributed by atoms with Gasteiger partial charge in [-0.05, 0) is 49.0 Å². The lowest BCUT2D eigenvalue weighted by molar-refractivity contribution is -0.0547. The van der Waals surface area contributed by atoms with E-state index in [1.54, 1.807) is 0 Å². The van der Waals surface area contributed by atoms with Crippen molar-refractivity contribution in [2.75, 3.05) is 0 Å². The number of allylic oxidation sites excluding steroid dienone is 1. The van der Waals surface area contributed by atoms with Crippen molar-refractivity contribution in [2.45, 2.75) is 61.4 Å². The zero-order valence-corrected chi connectivity index (χ0v) is 17.1. The van der Waals surface area contributed by atoms with E-state index in [2.05, 4.69) is 3.63 Å². The predicted molar refractivity (Wildman–Crippen MR) is 98.3 cm³/mol. The van der Waals surface area contributed by atoms with E-state index in [1.807, 2.05) is 0 Å². The number of rotatable bonds is 3. The van der Waals surface area contributed by atoms with E-state index in [-0.39, 0.29) is 10.5 Å². The molecular weight excluding hydrogens is 442 g/mol. The summed E-state index contributed by atoms with van der Waals surface area (Å²) in [7, 11) is -11.4. The molecule has 1 atom stereocenters. The molecule has 1 aliphatic carbocycles. The van der Waals surface area contributed by atoms with Gasteiger partial charge in [0.1, 0.15) is 0 Å². The number of hydrogen-bond acceptors (Lipinski definition) is 3. The number of benzene rings is 1. The van der Waals surface area contributed by atoms with Crippen LogP contribution in [0.1, 0.15) is 49.7 Å². The van der Waals surface area contributed by atoms with Gasteiger partial charge < -0.3 is 0 Å². The summed E-state index contributed by atoms with van der Waals surface area (Å²) < 4.78 is 110. The molecule has 0 saturated heterocycles. The van der Waals surface area contributed by atoms with Crippen LogP contribution in [0.2, 0.25) is 0 Å². The van der Waals surface area contributed by atoms with Gasteiger partial charge >= 0.3 is 21.1 Å². The second-order valence-electron chi connectivity index (χ2n) is 7.19. The minimum Gasteiger partial charge on any atom is -0.196 e. The van der Waals surface area contributed by atoms with E-state index < -0.39 is 42.3 Å². The first-order valence-electron chi connectivity index (χ1n) is 9.04. The van der Waals surface area contributed by atoms with Crippen molar-refractivity contribution in [1.29, 1.82) is 0 Å². The van der Waals surface area contributed by atoms with Crippen LogP contribution in [0.25, 0.3) is 6.08 Å². The summed E-state index contributed by atoms with van der Waals surface area (Å²) >= 11 is 0. The molecule has 1 aromatic carbocycles. The van der Waals surface area contributed by atoms with Crippen molar-refractivity contribution in [3.8, 4) is 0 Å². The van der Waals surface area contributed by atoms with Crippen LogP contribution in [-0.4, -0.2) is 19.4 Å². The number of fused-ring (bicyclic) bond motifs is 1. The smallest absolute Gasteiger partial charge is 0.196 e. The Bertz CT molecular complexity index is 913. The normalized spacial score (nSPS) is 26.4. The summed E-state index contributed by atoms with van der Waals surface area (Å²) in [5.41, 5.74) is -10.8. The first kappa shape index (κ1) is 22.5. The highest BCUT2D eigenvalue weighted by Gasteiger charge is 2.65. The van der Waals surface area contributed by atoms with Gasteiger partial charge in [0.15, 0.2) is 0 Å². The number of aryl methyl sites for hydroxylation is 1. The van der Waals surface area contributed by atoms with E-state index in [4.69, 9.17) is 0 Å². The molecule has 0 aromatic heterocycles. The summed E-state index contributed by atoms with van der Waals surface area (Å²) in [5.74, 6) is -0.690. The van der Waals surface area contributed by atoms with Crippen molar-refractivity contribution >= 4 is 26.5 Å². The lowest BCUT2D eigenvalue weighted by Crippen LogP contribution is -2.33. The summed E-state index contributed by atoms with van der Waals surface area (Å²) in [6.45, 7) is 1.53. The van der Waals surface area contributed by atoms with Crippen LogP contribution in [0, 0.1) is 12.8 Å². The van der Waals surface area contributed by atoms with Crippen LogP contribution < -0.4 is 0 Å². The average molecular weight is 462 g/mol. The fraction of sp³-hybridized carbons (Fsp3) is 0.556. The van der Waals surface area contributed by atoms with Crippen LogP contribution in [0.15, 0.2) is 28.0 Å². The molecule has 0 spiro atoms. The van der Waals surface area contributed by atoms with E-state index in [0.29, 0.717) is 31.2 Å². The molecule has 1 aromatic rings. The Morgan fingerprint density at radius 3 is 2.10 bits per heavy atom. The van der Waals surface area contributed by atoms with Gasteiger partial charge in [0, 0.05) is 20.1 Å². The third-order valence-electron chi connectivity index (χ3n) is 5.27. The van der Waals surface area contributed by atoms with Crippen LogP contribution in [-0.2, 0) is 13.7 Å². The van der Waals surface area contributed by atoms with Crippen molar-refractivity contribution in [3.05, 3.63) is 34.2 Å². The van der Waals surface area contributed by atoms with E-state index in [9.17, 15) is 34.8 Å². The Labute approximate surface area is 166 Å². The minimum absolute atomic E-state index is 0.0939. The molecule has 3 nitrogen and oxygen atoms in total. The molecule has 2 aliphatic rings. The third kappa shape index (κ3) is 3.81. The lowest BCUT2D eigenvalue weighted by Gasteiger charge is -2.41. The third-order valence-corrected chi connectivity index (χ3v) is 10.1. The summed E-state index contributed by atoms with van der Waals surface area (Å²) in [5, 5.41) is 0. The Morgan fingerprint density at radius 1 is 1.00 bits per heavy atom. The van der Waals surface area contributed by atoms with Crippen LogP contribution in [0.4, 0.5) is 26.3 Å². The van der Waals surface area contributed by atoms with Gasteiger partial charge in [-0.25, -0.2) is 0 Å². The lowest BCUT2D eigenvalue weighted by atomic mass is 9.98. The Kier molecular flexibility index (Phi) is 5.81. The van der Waals surface area contributed by atoms with Gasteiger partial charge in [-0.15, -0.1) is 0 Å². The monoisotopic (exact) mass is 462 g/mol. The standard InChI is InChI=1S/C18H20F6O3S2/c1-12-7-6-10-15-14(12)11-16(13-8-4-2-3-5-9-13)28(15,17(19,20)21)27-29(25,26)18(22,23)24/h6-7,10-11,13H,2-5,8-9H2,1H3. The topological polar surface area (TPSA) is 43.4 Å². The molecule has 1 aliphatic heterocycles. The molecule has 0 bridgehead atoms. The number of hydrogen-bond donors (Lipinski definition) is 0. The van der Waals surface area contributed by atoms with Crippen molar-refractivity contribution in [3.63, 3.8) is 0 Å². The predicted octanol–water partition coefficient (Wildman–Crippen LogP) is 6.78. The van der Waals surface area contributed by atoms with Crippen LogP contribution in [0.5, 0.6) is 0 Å². The molecule has 164 valence electrons. The average Bonchev–Trinajstić information content (AvgIpc) is 2.75. The Balaban J connectivity index is 2.27. The summed E-state index contributed by atoms with van der Waals surface area (Å²) in [4.78, 5) is -0.902. The highest BCUT2D eigenvalue weighted by molar-refractivity contribution is 8.37. The SMILES string of the molecule is Cc1cccc2c1C=C(C1CCCCCC1)S2(OS(=O)(=O)C(F)(F)F)C(F)(F)F. The van der Waals surface area contributed by atoms with Crippen LogP contribution >= 0.6 is 10.3 Å². The zero-order valence-electron chi connectivity index (χ0n) is 15.4. The fourth-order valence-electron chi connectivity index (χ4n) is 3.90. The second-order valence-corrected chi connectivity index (χ2v) is 11.6.